The Morgan fingerprint density at radius 2 is 2.04 bits per heavy atom. The summed E-state index contributed by atoms with van der Waals surface area (Å²) in [6.07, 6.45) is 1.41. The summed E-state index contributed by atoms with van der Waals surface area (Å²) in [6.45, 7) is 4.86. The normalized spacial score (nSPS) is 18.7. The van der Waals surface area contributed by atoms with Crippen molar-refractivity contribution in [2.24, 2.45) is 5.92 Å². The third kappa shape index (κ3) is 4.55. The molecule has 1 aliphatic heterocycles. The van der Waals surface area contributed by atoms with Crippen LogP contribution >= 0.6 is 11.3 Å². The quantitative estimate of drug-likeness (QED) is 0.721. The van der Waals surface area contributed by atoms with E-state index in [0.717, 1.165) is 6.42 Å². The van der Waals surface area contributed by atoms with Gasteiger partial charge in [-0.25, -0.2) is 8.42 Å². The van der Waals surface area contributed by atoms with E-state index >= 15 is 0 Å². The largest absolute Gasteiger partial charge is 0.348 e. The van der Waals surface area contributed by atoms with Crippen molar-refractivity contribution in [1.82, 2.24) is 14.9 Å². The van der Waals surface area contributed by atoms with Gasteiger partial charge in [0.2, 0.25) is 0 Å². The van der Waals surface area contributed by atoms with Crippen molar-refractivity contribution in [1.29, 1.82) is 0 Å². The summed E-state index contributed by atoms with van der Waals surface area (Å²) in [5, 5.41) is 6.80. The van der Waals surface area contributed by atoms with Crippen molar-refractivity contribution in [3.8, 4) is 0 Å². The van der Waals surface area contributed by atoms with Crippen LogP contribution in [0.2, 0.25) is 0 Å². The molecule has 2 N–H and O–H groups in total. The first-order valence-electron chi connectivity index (χ1n) is 7.93. The SMILES string of the molecule is CC(C)CNC(=O)C(=O)NC[C@@H]1CCCN1S(=O)(=O)c1cccs1. The molecular weight excluding hydrogens is 350 g/mol. The van der Waals surface area contributed by atoms with Crippen LogP contribution in [-0.4, -0.2) is 50.2 Å². The van der Waals surface area contributed by atoms with Gasteiger partial charge >= 0.3 is 11.8 Å². The average Bonchev–Trinajstić information content (AvgIpc) is 3.21. The summed E-state index contributed by atoms with van der Waals surface area (Å²) in [6, 6.07) is 2.95. The Morgan fingerprint density at radius 1 is 1.33 bits per heavy atom. The fourth-order valence-electron chi connectivity index (χ4n) is 2.52. The fourth-order valence-corrected chi connectivity index (χ4v) is 5.34. The number of carbonyl (C=O) groups excluding carboxylic acids is 2. The molecule has 1 fully saturated rings. The summed E-state index contributed by atoms with van der Waals surface area (Å²) in [5.74, 6) is -1.16. The van der Waals surface area contributed by atoms with Gasteiger partial charge in [0.25, 0.3) is 10.0 Å². The van der Waals surface area contributed by atoms with Crippen LogP contribution in [0.15, 0.2) is 21.7 Å². The topological polar surface area (TPSA) is 95.6 Å². The van der Waals surface area contributed by atoms with Gasteiger partial charge in [-0.05, 0) is 30.2 Å². The highest BCUT2D eigenvalue weighted by Gasteiger charge is 2.36. The number of rotatable bonds is 6. The maximum absolute atomic E-state index is 12.6. The van der Waals surface area contributed by atoms with Gasteiger partial charge in [-0.1, -0.05) is 19.9 Å². The smallest absolute Gasteiger partial charge is 0.309 e. The molecule has 0 radical (unpaired) electrons. The molecule has 2 rings (SSSR count). The Bertz CT molecular complexity index is 671. The molecule has 1 aromatic heterocycles. The maximum Gasteiger partial charge on any atom is 0.309 e. The monoisotopic (exact) mass is 373 g/mol. The second-order valence-electron chi connectivity index (χ2n) is 6.16. The molecule has 1 saturated heterocycles. The van der Waals surface area contributed by atoms with Crippen LogP contribution in [0.1, 0.15) is 26.7 Å². The van der Waals surface area contributed by atoms with Crippen LogP contribution in [0.4, 0.5) is 0 Å². The van der Waals surface area contributed by atoms with Crippen molar-refractivity contribution in [3.63, 3.8) is 0 Å². The van der Waals surface area contributed by atoms with Gasteiger partial charge < -0.3 is 10.6 Å². The maximum atomic E-state index is 12.6. The molecule has 24 heavy (non-hydrogen) atoms. The second kappa shape index (κ2) is 8.09. The Kier molecular flexibility index (Phi) is 6.36. The molecule has 0 aromatic carbocycles. The molecule has 134 valence electrons. The zero-order valence-corrected chi connectivity index (χ0v) is 15.5. The summed E-state index contributed by atoms with van der Waals surface area (Å²) in [5.41, 5.74) is 0. The van der Waals surface area contributed by atoms with Gasteiger partial charge in [-0.15, -0.1) is 11.3 Å². The molecule has 9 heteroatoms. The first kappa shape index (κ1) is 18.9. The van der Waals surface area contributed by atoms with Crippen molar-refractivity contribution < 1.29 is 18.0 Å². The predicted molar refractivity (Wildman–Crippen MR) is 92.1 cm³/mol. The highest BCUT2D eigenvalue weighted by Crippen LogP contribution is 2.28. The fraction of sp³-hybridized carbons (Fsp3) is 0.600. The highest BCUT2D eigenvalue weighted by molar-refractivity contribution is 7.91. The Morgan fingerprint density at radius 3 is 2.67 bits per heavy atom. The number of hydrogen-bond acceptors (Lipinski definition) is 5. The summed E-state index contributed by atoms with van der Waals surface area (Å²) >= 11 is 1.18. The van der Waals surface area contributed by atoms with Crippen LogP contribution in [-0.2, 0) is 19.6 Å². The van der Waals surface area contributed by atoms with Crippen molar-refractivity contribution >= 4 is 33.2 Å². The Balaban J connectivity index is 1.92. The number of nitrogens with zero attached hydrogens (tertiary/aromatic N) is 1. The Labute approximate surface area is 146 Å². The second-order valence-corrected chi connectivity index (χ2v) is 9.22. The lowest BCUT2D eigenvalue weighted by Crippen LogP contribution is -2.47. The molecule has 0 aliphatic carbocycles. The van der Waals surface area contributed by atoms with E-state index in [1.54, 1.807) is 17.5 Å². The van der Waals surface area contributed by atoms with Crippen molar-refractivity contribution in [2.45, 2.75) is 36.9 Å². The lowest BCUT2D eigenvalue weighted by atomic mass is 10.2. The molecule has 0 spiro atoms. The van der Waals surface area contributed by atoms with E-state index in [1.165, 1.54) is 15.6 Å². The number of amides is 2. The third-order valence-electron chi connectivity index (χ3n) is 3.76. The van der Waals surface area contributed by atoms with E-state index < -0.39 is 21.8 Å². The number of carbonyl (C=O) groups is 2. The zero-order chi connectivity index (χ0) is 17.7. The summed E-state index contributed by atoms with van der Waals surface area (Å²) in [7, 11) is -3.53. The third-order valence-corrected chi connectivity index (χ3v) is 7.08. The summed E-state index contributed by atoms with van der Waals surface area (Å²) in [4.78, 5) is 23.5. The van der Waals surface area contributed by atoms with Crippen LogP contribution in [0, 0.1) is 5.92 Å². The minimum Gasteiger partial charge on any atom is -0.348 e. The molecule has 1 aliphatic rings. The van der Waals surface area contributed by atoms with E-state index in [1.807, 2.05) is 13.8 Å². The molecule has 7 nitrogen and oxygen atoms in total. The van der Waals surface area contributed by atoms with Gasteiger partial charge in [0.1, 0.15) is 4.21 Å². The van der Waals surface area contributed by atoms with Gasteiger partial charge in [-0.2, -0.15) is 4.31 Å². The molecule has 2 heterocycles. The lowest BCUT2D eigenvalue weighted by molar-refractivity contribution is -0.139. The average molecular weight is 374 g/mol. The molecule has 1 atom stereocenters. The first-order chi connectivity index (χ1) is 11.3. The molecule has 1 aromatic rings. The molecule has 0 bridgehead atoms. The number of hydrogen-bond donors (Lipinski definition) is 2. The zero-order valence-electron chi connectivity index (χ0n) is 13.8. The van der Waals surface area contributed by atoms with Crippen molar-refractivity contribution in [2.75, 3.05) is 19.6 Å². The minimum absolute atomic E-state index is 0.137. The van der Waals surface area contributed by atoms with Gasteiger partial charge in [0.05, 0.1) is 0 Å². The number of sulfonamides is 1. The van der Waals surface area contributed by atoms with Crippen molar-refractivity contribution in [3.05, 3.63) is 17.5 Å². The van der Waals surface area contributed by atoms with E-state index in [-0.39, 0.29) is 18.5 Å². The first-order valence-corrected chi connectivity index (χ1v) is 10.3. The van der Waals surface area contributed by atoms with E-state index in [9.17, 15) is 18.0 Å². The standard InChI is InChI=1S/C15H23N3O4S2/c1-11(2)9-16-14(19)15(20)17-10-12-5-3-7-18(12)24(21,22)13-6-4-8-23-13/h4,6,8,11-12H,3,5,7,9-10H2,1-2H3,(H,16,19)(H,17,20)/t12-/m0/s1. The molecule has 0 unspecified atom stereocenters. The van der Waals surface area contributed by atoms with E-state index in [2.05, 4.69) is 10.6 Å². The van der Waals surface area contributed by atoms with Crippen LogP contribution in [0.5, 0.6) is 0 Å². The van der Waals surface area contributed by atoms with Crippen LogP contribution in [0.3, 0.4) is 0 Å². The van der Waals surface area contributed by atoms with Crippen LogP contribution < -0.4 is 10.6 Å². The Hall–Kier alpha value is -1.45. The lowest BCUT2D eigenvalue weighted by Gasteiger charge is -2.23. The molecule has 0 saturated carbocycles. The number of nitrogens with one attached hydrogen (secondary N) is 2. The predicted octanol–water partition coefficient (Wildman–Crippen LogP) is 0.790. The van der Waals surface area contributed by atoms with E-state index in [0.29, 0.717) is 23.7 Å². The molecular formula is C15H23N3O4S2. The molecule has 2 amide bonds. The van der Waals surface area contributed by atoms with Crippen LogP contribution in [0.25, 0.3) is 0 Å². The van der Waals surface area contributed by atoms with E-state index in [4.69, 9.17) is 0 Å². The summed E-state index contributed by atoms with van der Waals surface area (Å²) < 4.78 is 26.9. The minimum atomic E-state index is -3.53. The van der Waals surface area contributed by atoms with Gasteiger partial charge in [0.15, 0.2) is 0 Å². The number of thiophene rings is 1. The highest BCUT2D eigenvalue weighted by atomic mass is 32.2. The van der Waals surface area contributed by atoms with Gasteiger partial charge in [-0.3, -0.25) is 9.59 Å². The van der Waals surface area contributed by atoms with Gasteiger partial charge in [0, 0.05) is 25.7 Å².